The van der Waals surface area contributed by atoms with E-state index in [2.05, 4.69) is 20.6 Å². The van der Waals surface area contributed by atoms with Gasteiger partial charge in [-0.2, -0.15) is 15.3 Å². The quantitative estimate of drug-likeness (QED) is 0.749. The highest BCUT2D eigenvalue weighted by atomic mass is 16.2. The molecule has 1 atom stereocenters. The Kier molecular flexibility index (Phi) is 4.45. The molecule has 0 spiro atoms. The van der Waals surface area contributed by atoms with Crippen LogP contribution in [-0.4, -0.2) is 35.2 Å². The van der Waals surface area contributed by atoms with Crippen molar-refractivity contribution in [1.29, 1.82) is 0 Å². The normalized spacial score (nSPS) is 12.3. The monoisotopic (exact) mass is 327 g/mol. The summed E-state index contributed by atoms with van der Waals surface area (Å²) in [5.41, 5.74) is 2.62. The van der Waals surface area contributed by atoms with E-state index in [0.717, 1.165) is 17.8 Å². The van der Waals surface area contributed by atoms with Gasteiger partial charge in [-0.1, -0.05) is 0 Å². The van der Waals surface area contributed by atoms with Crippen LogP contribution in [0.2, 0.25) is 0 Å². The predicted molar refractivity (Wildman–Crippen MR) is 89.5 cm³/mol. The third kappa shape index (κ3) is 3.53. The molecule has 24 heavy (non-hydrogen) atoms. The summed E-state index contributed by atoms with van der Waals surface area (Å²) in [5.74, 6) is -0.128. The SMILES string of the molecule is CCn1cc(Cn2cc(NC(=O)C(C)n3ccc(C)n3)cn2)cn1. The lowest BCUT2D eigenvalue weighted by molar-refractivity contribution is -0.119. The number of aromatic nitrogens is 6. The van der Waals surface area contributed by atoms with Crippen molar-refractivity contribution in [3.8, 4) is 0 Å². The Balaban J connectivity index is 1.62. The molecule has 126 valence electrons. The largest absolute Gasteiger partial charge is 0.322 e. The summed E-state index contributed by atoms with van der Waals surface area (Å²) in [4.78, 5) is 12.3. The average molecular weight is 327 g/mol. The van der Waals surface area contributed by atoms with Crippen molar-refractivity contribution in [1.82, 2.24) is 29.3 Å². The number of hydrogen-bond acceptors (Lipinski definition) is 4. The Morgan fingerprint density at radius 3 is 2.71 bits per heavy atom. The first-order valence-electron chi connectivity index (χ1n) is 7.91. The van der Waals surface area contributed by atoms with Gasteiger partial charge in [-0.25, -0.2) is 0 Å². The van der Waals surface area contributed by atoms with Crippen LogP contribution < -0.4 is 5.32 Å². The minimum atomic E-state index is -0.384. The molecule has 0 aliphatic rings. The maximum Gasteiger partial charge on any atom is 0.249 e. The van der Waals surface area contributed by atoms with Gasteiger partial charge in [0.15, 0.2) is 0 Å². The zero-order valence-electron chi connectivity index (χ0n) is 14.0. The minimum absolute atomic E-state index is 0.128. The number of aryl methyl sites for hydroxylation is 2. The lowest BCUT2D eigenvalue weighted by atomic mass is 10.3. The fourth-order valence-corrected chi connectivity index (χ4v) is 2.38. The molecule has 0 saturated heterocycles. The van der Waals surface area contributed by atoms with Gasteiger partial charge in [-0.05, 0) is 26.8 Å². The Hall–Kier alpha value is -2.90. The molecule has 1 N–H and O–H groups in total. The van der Waals surface area contributed by atoms with Crippen molar-refractivity contribution in [2.24, 2.45) is 0 Å². The predicted octanol–water partition coefficient (Wildman–Crippen LogP) is 1.85. The molecule has 1 amide bonds. The van der Waals surface area contributed by atoms with Gasteiger partial charge < -0.3 is 5.32 Å². The number of rotatable bonds is 6. The molecule has 1 unspecified atom stereocenters. The molecule has 3 aromatic heterocycles. The highest BCUT2D eigenvalue weighted by Gasteiger charge is 2.16. The summed E-state index contributed by atoms with van der Waals surface area (Å²) >= 11 is 0. The molecule has 0 aliphatic carbocycles. The average Bonchev–Trinajstić information content (AvgIpc) is 3.29. The van der Waals surface area contributed by atoms with E-state index in [9.17, 15) is 4.79 Å². The number of nitrogens with zero attached hydrogens (tertiary/aromatic N) is 6. The van der Waals surface area contributed by atoms with Crippen LogP contribution in [0.1, 0.15) is 31.1 Å². The van der Waals surface area contributed by atoms with Gasteiger partial charge in [0.25, 0.3) is 0 Å². The third-order valence-electron chi connectivity index (χ3n) is 3.77. The number of carbonyl (C=O) groups is 1. The van der Waals surface area contributed by atoms with Crippen LogP contribution in [-0.2, 0) is 17.9 Å². The summed E-state index contributed by atoms with van der Waals surface area (Å²) in [6.45, 7) is 7.20. The molecule has 0 aliphatic heterocycles. The van der Waals surface area contributed by atoms with Crippen LogP contribution in [0.25, 0.3) is 0 Å². The van der Waals surface area contributed by atoms with E-state index in [1.807, 2.05) is 50.1 Å². The number of amides is 1. The topological polar surface area (TPSA) is 82.6 Å². The van der Waals surface area contributed by atoms with Crippen LogP contribution in [0.4, 0.5) is 5.69 Å². The standard InChI is InChI=1S/C16H21N7O/c1-4-21-9-14(7-17-21)10-22-11-15(8-18-22)19-16(24)13(3)23-6-5-12(2)20-23/h5-9,11,13H,4,10H2,1-3H3,(H,19,24). The molecule has 8 heteroatoms. The van der Waals surface area contributed by atoms with Gasteiger partial charge in [0.1, 0.15) is 6.04 Å². The smallest absolute Gasteiger partial charge is 0.249 e. The molecular weight excluding hydrogens is 306 g/mol. The van der Waals surface area contributed by atoms with Gasteiger partial charge >= 0.3 is 0 Å². The molecule has 3 heterocycles. The minimum Gasteiger partial charge on any atom is -0.322 e. The second kappa shape index (κ2) is 6.69. The van der Waals surface area contributed by atoms with E-state index >= 15 is 0 Å². The number of carbonyl (C=O) groups excluding carboxylic acids is 1. The Morgan fingerprint density at radius 1 is 1.25 bits per heavy atom. The lowest BCUT2D eigenvalue weighted by Crippen LogP contribution is -2.23. The molecule has 8 nitrogen and oxygen atoms in total. The molecule has 0 bridgehead atoms. The Morgan fingerprint density at radius 2 is 2.04 bits per heavy atom. The van der Waals surface area contributed by atoms with E-state index in [0.29, 0.717) is 12.2 Å². The summed E-state index contributed by atoms with van der Waals surface area (Å²) in [6, 6.07) is 1.49. The van der Waals surface area contributed by atoms with Gasteiger partial charge in [-0.15, -0.1) is 0 Å². The van der Waals surface area contributed by atoms with E-state index in [1.54, 1.807) is 21.8 Å². The summed E-state index contributed by atoms with van der Waals surface area (Å²) in [6.07, 6.45) is 9.06. The van der Waals surface area contributed by atoms with Crippen molar-refractivity contribution >= 4 is 11.6 Å². The van der Waals surface area contributed by atoms with E-state index in [1.165, 1.54) is 0 Å². The maximum atomic E-state index is 12.3. The molecule has 0 saturated carbocycles. The molecule has 3 rings (SSSR count). The fraction of sp³-hybridized carbons (Fsp3) is 0.375. The first-order valence-corrected chi connectivity index (χ1v) is 7.91. The summed E-state index contributed by atoms with van der Waals surface area (Å²) in [5, 5.41) is 15.7. The zero-order chi connectivity index (χ0) is 17.1. The molecule has 3 aromatic rings. The Bertz CT molecular complexity index is 829. The van der Waals surface area contributed by atoms with E-state index in [-0.39, 0.29) is 11.9 Å². The van der Waals surface area contributed by atoms with Crippen LogP contribution in [0.15, 0.2) is 37.1 Å². The van der Waals surface area contributed by atoms with Crippen molar-refractivity contribution < 1.29 is 4.79 Å². The number of anilines is 1. The summed E-state index contributed by atoms with van der Waals surface area (Å²) in [7, 11) is 0. The highest BCUT2D eigenvalue weighted by Crippen LogP contribution is 2.12. The van der Waals surface area contributed by atoms with Gasteiger partial charge in [0.2, 0.25) is 5.91 Å². The van der Waals surface area contributed by atoms with Crippen LogP contribution in [0, 0.1) is 6.92 Å². The van der Waals surface area contributed by atoms with Crippen molar-refractivity contribution in [2.45, 2.75) is 39.9 Å². The van der Waals surface area contributed by atoms with Crippen LogP contribution >= 0.6 is 0 Å². The first kappa shape index (κ1) is 16.0. The van der Waals surface area contributed by atoms with E-state index < -0.39 is 0 Å². The molecule has 0 aromatic carbocycles. The number of hydrogen-bond donors (Lipinski definition) is 1. The van der Waals surface area contributed by atoms with E-state index in [4.69, 9.17) is 0 Å². The van der Waals surface area contributed by atoms with Crippen LogP contribution in [0.5, 0.6) is 0 Å². The van der Waals surface area contributed by atoms with Gasteiger partial charge in [-0.3, -0.25) is 18.8 Å². The lowest BCUT2D eigenvalue weighted by Gasteiger charge is -2.11. The highest BCUT2D eigenvalue weighted by molar-refractivity contribution is 5.93. The first-order chi connectivity index (χ1) is 11.5. The Labute approximate surface area is 140 Å². The van der Waals surface area contributed by atoms with Gasteiger partial charge in [0.05, 0.1) is 30.3 Å². The summed E-state index contributed by atoms with van der Waals surface area (Å²) < 4.78 is 5.29. The molecule has 0 radical (unpaired) electrons. The fourth-order valence-electron chi connectivity index (χ4n) is 2.38. The van der Waals surface area contributed by atoms with Crippen molar-refractivity contribution in [2.75, 3.05) is 5.32 Å². The zero-order valence-corrected chi connectivity index (χ0v) is 14.0. The molecule has 0 fully saturated rings. The van der Waals surface area contributed by atoms with Crippen molar-refractivity contribution in [3.05, 3.63) is 48.3 Å². The van der Waals surface area contributed by atoms with Gasteiger partial charge in [0, 0.05) is 30.7 Å². The third-order valence-corrected chi connectivity index (χ3v) is 3.77. The molecular formula is C16H21N7O. The maximum absolute atomic E-state index is 12.3. The second-order valence-electron chi connectivity index (χ2n) is 5.73. The van der Waals surface area contributed by atoms with Crippen LogP contribution in [0.3, 0.4) is 0 Å². The number of nitrogens with one attached hydrogen (secondary N) is 1. The second-order valence-corrected chi connectivity index (χ2v) is 5.73. The van der Waals surface area contributed by atoms with Crippen molar-refractivity contribution in [3.63, 3.8) is 0 Å².